The van der Waals surface area contributed by atoms with E-state index in [9.17, 15) is 0 Å². The summed E-state index contributed by atoms with van der Waals surface area (Å²) in [7, 11) is 0. The maximum absolute atomic E-state index is 5.58. The van der Waals surface area contributed by atoms with Crippen LogP contribution in [0.25, 0.3) is 11.1 Å². The largest absolute Gasteiger partial charge is 0.494 e. The predicted octanol–water partition coefficient (Wildman–Crippen LogP) is 9.34. The second-order valence-electron chi connectivity index (χ2n) is 9.12. The Morgan fingerprint density at radius 3 is 1.33 bits per heavy atom. The molecule has 3 nitrogen and oxygen atoms in total. The molecule has 0 N–H and O–H groups in total. The molecule has 0 heterocycles. The van der Waals surface area contributed by atoms with Crippen molar-refractivity contribution in [3.05, 3.63) is 164 Å². The third-order valence-electron chi connectivity index (χ3n) is 6.43. The summed E-state index contributed by atoms with van der Waals surface area (Å²) in [5, 5.41) is 0. The summed E-state index contributed by atoms with van der Waals surface area (Å²) in [5.41, 5.74) is 8.05. The quantitative estimate of drug-likeness (QED) is 0.124. The third-order valence-corrected chi connectivity index (χ3v) is 6.43. The first-order chi connectivity index (χ1) is 19.1. The summed E-state index contributed by atoms with van der Waals surface area (Å²) in [4.78, 5) is 2.27. The van der Waals surface area contributed by atoms with Crippen molar-refractivity contribution >= 4 is 17.1 Å². The second-order valence-corrected chi connectivity index (χ2v) is 9.12. The molecule has 0 aliphatic carbocycles. The highest BCUT2D eigenvalue weighted by Gasteiger charge is 2.13. The van der Waals surface area contributed by atoms with Crippen LogP contribution in [0.1, 0.15) is 11.1 Å². The van der Waals surface area contributed by atoms with Gasteiger partial charge in [-0.05, 0) is 70.8 Å². The zero-order chi connectivity index (χ0) is 27.5. The van der Waals surface area contributed by atoms with E-state index in [-0.39, 0.29) is 0 Å². The minimum atomic E-state index is 0.570. The normalized spacial score (nSPS) is 10.4. The Labute approximate surface area is 232 Å². The topological polar surface area (TPSA) is 21.7 Å². The summed E-state index contributed by atoms with van der Waals surface area (Å²) in [6, 6.07) is 36.4. The van der Waals surface area contributed by atoms with Gasteiger partial charge < -0.3 is 14.4 Å². The molecule has 0 amide bonds. The third kappa shape index (κ3) is 7.62. The molecule has 0 unspecified atom stereocenters. The Morgan fingerprint density at radius 2 is 0.923 bits per heavy atom. The lowest BCUT2D eigenvalue weighted by Crippen LogP contribution is -2.10. The number of hydrogen-bond donors (Lipinski definition) is 0. The smallest absolute Gasteiger partial charge is 0.111 e. The highest BCUT2D eigenvalue weighted by atomic mass is 16.5. The van der Waals surface area contributed by atoms with Crippen molar-refractivity contribution in [3.8, 4) is 11.1 Å². The monoisotopic (exact) mass is 513 g/mol. The molecule has 4 aromatic rings. The van der Waals surface area contributed by atoms with Gasteiger partial charge in [-0.1, -0.05) is 93.0 Å². The molecule has 0 aliphatic heterocycles. The van der Waals surface area contributed by atoms with Gasteiger partial charge >= 0.3 is 0 Å². The van der Waals surface area contributed by atoms with Gasteiger partial charge in [0.1, 0.15) is 11.5 Å². The Balaban J connectivity index is 1.57. The van der Waals surface area contributed by atoms with E-state index in [0.29, 0.717) is 24.7 Å². The number of anilines is 3. The number of allylic oxidation sites excluding steroid dienone is 2. The number of hydrogen-bond acceptors (Lipinski definition) is 3. The van der Waals surface area contributed by atoms with Crippen LogP contribution in [0.3, 0.4) is 0 Å². The van der Waals surface area contributed by atoms with E-state index in [1.807, 2.05) is 6.07 Å². The lowest BCUT2D eigenvalue weighted by Gasteiger charge is -2.26. The summed E-state index contributed by atoms with van der Waals surface area (Å²) in [6.45, 7) is 16.1. The van der Waals surface area contributed by atoms with Gasteiger partial charge in [-0.3, -0.25) is 0 Å². The van der Waals surface area contributed by atoms with Gasteiger partial charge in [-0.2, -0.15) is 0 Å². The molecule has 0 aromatic heterocycles. The van der Waals surface area contributed by atoms with Gasteiger partial charge in [-0.15, -0.1) is 0 Å². The molecule has 0 aliphatic rings. The summed E-state index contributed by atoms with van der Waals surface area (Å²) < 4.78 is 11.2. The fourth-order valence-corrected chi connectivity index (χ4v) is 4.22. The average Bonchev–Trinajstić information content (AvgIpc) is 2.99. The van der Waals surface area contributed by atoms with Crippen LogP contribution in [0.15, 0.2) is 153 Å². The fraction of sp³-hybridized carbons (Fsp3) is 0.111. The first-order valence-electron chi connectivity index (χ1n) is 13.1. The van der Waals surface area contributed by atoms with Crippen LogP contribution in [-0.2, 0) is 22.3 Å². The molecule has 0 fully saturated rings. The Kier molecular flexibility index (Phi) is 9.57. The van der Waals surface area contributed by atoms with E-state index >= 15 is 0 Å². The van der Waals surface area contributed by atoms with Gasteiger partial charge in [0.25, 0.3) is 0 Å². The lowest BCUT2D eigenvalue weighted by molar-refractivity contribution is 0.230. The number of nitrogens with zero attached hydrogens (tertiary/aromatic N) is 1. The molecule has 0 saturated heterocycles. The molecular formula is C36H35NO2. The molecule has 39 heavy (non-hydrogen) atoms. The minimum Gasteiger partial charge on any atom is -0.494 e. The van der Waals surface area contributed by atoms with E-state index in [4.69, 9.17) is 9.47 Å². The number of rotatable bonds is 14. The van der Waals surface area contributed by atoms with Crippen LogP contribution >= 0.6 is 0 Å². The standard InChI is InChI=1S/C36H35NO2/c1-5-28(3)38-26-24-30-12-18-34(19-13-30)37(35-20-14-31(15-21-35)25-27-39-29(4)6-2)36-22-16-33(17-23-36)32-10-8-7-9-11-32/h5-23H,1-4,24-27H2. The molecule has 0 radical (unpaired) electrons. The van der Waals surface area contributed by atoms with Crippen LogP contribution in [0.5, 0.6) is 0 Å². The molecule has 3 heteroatoms. The van der Waals surface area contributed by atoms with Crippen molar-refractivity contribution in [3.63, 3.8) is 0 Å². The molecule has 0 bridgehead atoms. The number of ether oxygens (including phenoxy) is 2. The van der Waals surface area contributed by atoms with E-state index in [1.54, 1.807) is 12.2 Å². The van der Waals surface area contributed by atoms with Gasteiger partial charge in [0.05, 0.1) is 13.2 Å². The molecule has 0 spiro atoms. The lowest BCUT2D eigenvalue weighted by atomic mass is 10.0. The zero-order valence-corrected chi connectivity index (χ0v) is 22.4. The Bertz CT molecular complexity index is 1320. The number of benzene rings is 4. The van der Waals surface area contributed by atoms with Crippen LogP contribution < -0.4 is 4.90 Å². The molecule has 4 aromatic carbocycles. The summed E-state index contributed by atoms with van der Waals surface area (Å²) in [5.74, 6) is 1.19. The molecule has 4 rings (SSSR count). The van der Waals surface area contributed by atoms with Gasteiger partial charge in [-0.25, -0.2) is 0 Å². The molecule has 0 saturated carbocycles. The van der Waals surface area contributed by atoms with Gasteiger partial charge in [0, 0.05) is 29.9 Å². The first-order valence-corrected chi connectivity index (χ1v) is 13.1. The van der Waals surface area contributed by atoms with Crippen molar-refractivity contribution in [2.45, 2.75) is 12.8 Å². The van der Waals surface area contributed by atoms with Crippen LogP contribution in [0, 0.1) is 0 Å². The predicted molar refractivity (Wildman–Crippen MR) is 165 cm³/mol. The molecular weight excluding hydrogens is 478 g/mol. The van der Waals surface area contributed by atoms with E-state index in [1.165, 1.54) is 22.3 Å². The van der Waals surface area contributed by atoms with Crippen LogP contribution in [0.2, 0.25) is 0 Å². The Hall–Kier alpha value is -4.76. The van der Waals surface area contributed by atoms with Crippen molar-refractivity contribution in [2.75, 3.05) is 18.1 Å². The zero-order valence-electron chi connectivity index (χ0n) is 22.4. The maximum Gasteiger partial charge on any atom is 0.111 e. The van der Waals surface area contributed by atoms with Crippen molar-refractivity contribution in [2.24, 2.45) is 0 Å². The fourth-order valence-electron chi connectivity index (χ4n) is 4.22. The van der Waals surface area contributed by atoms with Gasteiger partial charge in [0.15, 0.2) is 0 Å². The van der Waals surface area contributed by atoms with E-state index in [0.717, 1.165) is 29.9 Å². The highest BCUT2D eigenvalue weighted by Crippen LogP contribution is 2.36. The molecule has 196 valence electrons. The average molecular weight is 514 g/mol. The van der Waals surface area contributed by atoms with Crippen LogP contribution in [-0.4, -0.2) is 13.2 Å². The van der Waals surface area contributed by atoms with Crippen molar-refractivity contribution in [1.29, 1.82) is 0 Å². The first kappa shape index (κ1) is 27.3. The highest BCUT2D eigenvalue weighted by molar-refractivity contribution is 5.78. The van der Waals surface area contributed by atoms with Crippen LogP contribution in [0.4, 0.5) is 17.1 Å². The van der Waals surface area contributed by atoms with Gasteiger partial charge in [0.2, 0.25) is 0 Å². The van der Waals surface area contributed by atoms with E-state index in [2.05, 4.69) is 128 Å². The van der Waals surface area contributed by atoms with E-state index < -0.39 is 0 Å². The SMILES string of the molecule is C=CC(=C)OCCc1ccc(N(c2ccc(CCOC(=C)C=C)cc2)c2ccc(-c3ccccc3)cc2)cc1. The van der Waals surface area contributed by atoms with Crippen molar-refractivity contribution < 1.29 is 9.47 Å². The van der Waals surface area contributed by atoms with Crippen molar-refractivity contribution in [1.82, 2.24) is 0 Å². The second kappa shape index (κ2) is 13.7. The Morgan fingerprint density at radius 1 is 0.538 bits per heavy atom. The minimum absolute atomic E-state index is 0.570. The summed E-state index contributed by atoms with van der Waals surface area (Å²) in [6.07, 6.45) is 4.85. The maximum atomic E-state index is 5.58. The summed E-state index contributed by atoms with van der Waals surface area (Å²) >= 11 is 0. The molecule has 0 atom stereocenters.